The fraction of sp³-hybridized carbons (Fsp3) is 0.105. The van der Waals surface area contributed by atoms with Crippen molar-refractivity contribution in [3.8, 4) is 0 Å². The molecule has 1 aromatic heterocycles. The molecule has 1 heterocycles. The zero-order chi connectivity index (χ0) is 20.3. The average Bonchev–Trinajstić information content (AvgIpc) is 3.06. The molecular formula is C19H17N3O5S. The van der Waals surface area contributed by atoms with Crippen molar-refractivity contribution in [2.24, 2.45) is 0 Å². The fourth-order valence-corrected chi connectivity index (χ4v) is 3.51. The molecule has 2 aromatic carbocycles. The number of sulfonamides is 1. The number of rotatable bonds is 6. The van der Waals surface area contributed by atoms with Crippen molar-refractivity contribution in [3.05, 3.63) is 71.5 Å². The van der Waals surface area contributed by atoms with Crippen LogP contribution in [0, 0.1) is 6.92 Å². The number of nitrogens with zero attached hydrogens (tertiary/aromatic N) is 1. The average molecular weight is 399 g/mol. The zero-order valence-corrected chi connectivity index (χ0v) is 15.9. The highest BCUT2D eigenvalue weighted by Crippen LogP contribution is 2.19. The van der Waals surface area contributed by atoms with E-state index in [0.717, 1.165) is 0 Å². The van der Waals surface area contributed by atoms with Crippen molar-refractivity contribution in [1.29, 1.82) is 0 Å². The van der Waals surface area contributed by atoms with Crippen molar-refractivity contribution in [2.75, 3.05) is 10.0 Å². The van der Waals surface area contributed by atoms with Gasteiger partial charge in [-0.25, -0.2) is 8.42 Å². The van der Waals surface area contributed by atoms with Gasteiger partial charge in [-0.3, -0.25) is 14.3 Å². The summed E-state index contributed by atoms with van der Waals surface area (Å²) in [5, 5.41) is 6.20. The van der Waals surface area contributed by atoms with Gasteiger partial charge in [0.25, 0.3) is 15.9 Å². The molecule has 144 valence electrons. The summed E-state index contributed by atoms with van der Waals surface area (Å²) in [5.74, 6) is 0.137. The Kier molecular flexibility index (Phi) is 5.27. The lowest BCUT2D eigenvalue weighted by molar-refractivity contribution is 0.101. The summed E-state index contributed by atoms with van der Waals surface area (Å²) in [4.78, 5) is 23.6. The Morgan fingerprint density at radius 3 is 2.32 bits per heavy atom. The number of benzene rings is 2. The predicted octanol–water partition coefficient (Wildman–Crippen LogP) is 3.24. The number of carbonyl (C=O) groups excluding carboxylic acids is 2. The molecule has 0 unspecified atom stereocenters. The minimum Gasteiger partial charge on any atom is -0.360 e. The molecule has 9 heteroatoms. The number of aromatic nitrogens is 1. The molecule has 0 aliphatic carbocycles. The predicted molar refractivity (Wildman–Crippen MR) is 103 cm³/mol. The number of nitrogens with one attached hydrogen (secondary N) is 2. The standard InChI is InChI=1S/C19H17N3O5S/c1-12-10-18(21-27-12)20-19(24)15-4-3-5-17(11-15)28(25,26)22-16-8-6-14(7-9-16)13(2)23/h3-11,22H,1-2H3,(H,20,21,24). The van der Waals surface area contributed by atoms with Crippen molar-refractivity contribution in [2.45, 2.75) is 18.7 Å². The summed E-state index contributed by atoms with van der Waals surface area (Å²) in [5.41, 5.74) is 0.929. The third kappa shape index (κ3) is 4.44. The molecule has 0 radical (unpaired) electrons. The monoisotopic (exact) mass is 399 g/mol. The van der Waals surface area contributed by atoms with Crippen LogP contribution in [0.25, 0.3) is 0 Å². The topological polar surface area (TPSA) is 118 Å². The highest BCUT2D eigenvalue weighted by Gasteiger charge is 2.17. The second kappa shape index (κ2) is 7.65. The molecule has 0 aliphatic heterocycles. The Hall–Kier alpha value is -3.46. The van der Waals surface area contributed by atoms with Crippen LogP contribution in [0.3, 0.4) is 0 Å². The van der Waals surface area contributed by atoms with Gasteiger partial charge >= 0.3 is 0 Å². The first-order valence-electron chi connectivity index (χ1n) is 8.23. The highest BCUT2D eigenvalue weighted by molar-refractivity contribution is 7.92. The van der Waals surface area contributed by atoms with Gasteiger partial charge in [0.1, 0.15) is 5.76 Å². The molecule has 1 amide bonds. The van der Waals surface area contributed by atoms with Gasteiger partial charge in [-0.05, 0) is 56.3 Å². The molecule has 0 saturated heterocycles. The normalized spacial score (nSPS) is 11.1. The van der Waals surface area contributed by atoms with Crippen LogP contribution in [0.1, 0.15) is 33.4 Å². The van der Waals surface area contributed by atoms with Crippen molar-refractivity contribution >= 4 is 33.2 Å². The summed E-state index contributed by atoms with van der Waals surface area (Å²) in [6, 6.07) is 13.2. The lowest BCUT2D eigenvalue weighted by Crippen LogP contribution is -2.16. The third-order valence-electron chi connectivity index (χ3n) is 3.82. The maximum absolute atomic E-state index is 12.6. The van der Waals surface area contributed by atoms with Gasteiger partial charge in [0.15, 0.2) is 11.6 Å². The Morgan fingerprint density at radius 1 is 1.00 bits per heavy atom. The smallest absolute Gasteiger partial charge is 0.261 e. The molecule has 0 spiro atoms. The quantitative estimate of drug-likeness (QED) is 0.614. The van der Waals surface area contributed by atoms with Crippen LogP contribution < -0.4 is 10.0 Å². The summed E-state index contributed by atoms with van der Waals surface area (Å²) < 4.78 is 32.5. The van der Waals surface area contributed by atoms with E-state index < -0.39 is 15.9 Å². The zero-order valence-electron chi connectivity index (χ0n) is 15.1. The van der Waals surface area contributed by atoms with Crippen LogP contribution in [0.2, 0.25) is 0 Å². The Labute approximate surface area is 161 Å². The Balaban J connectivity index is 1.79. The van der Waals surface area contributed by atoms with E-state index in [0.29, 0.717) is 17.0 Å². The first kappa shape index (κ1) is 19.3. The van der Waals surface area contributed by atoms with E-state index >= 15 is 0 Å². The fourth-order valence-electron chi connectivity index (χ4n) is 2.41. The number of amides is 1. The third-order valence-corrected chi connectivity index (χ3v) is 5.20. The molecular weight excluding hydrogens is 382 g/mol. The second-order valence-electron chi connectivity index (χ2n) is 6.04. The molecule has 3 rings (SSSR count). The van der Waals surface area contributed by atoms with Gasteiger partial charge in [-0.15, -0.1) is 0 Å². The molecule has 0 fully saturated rings. The molecule has 0 saturated carbocycles. The van der Waals surface area contributed by atoms with Gasteiger partial charge in [-0.2, -0.15) is 0 Å². The van der Waals surface area contributed by atoms with Crippen LogP contribution in [-0.2, 0) is 10.0 Å². The number of hydrogen-bond donors (Lipinski definition) is 2. The molecule has 28 heavy (non-hydrogen) atoms. The summed E-state index contributed by atoms with van der Waals surface area (Å²) in [6.45, 7) is 3.11. The van der Waals surface area contributed by atoms with E-state index in [1.165, 1.54) is 55.5 Å². The van der Waals surface area contributed by atoms with Crippen LogP contribution in [0.5, 0.6) is 0 Å². The van der Waals surface area contributed by atoms with Gasteiger partial charge in [0, 0.05) is 22.9 Å². The van der Waals surface area contributed by atoms with Crippen LogP contribution in [0.4, 0.5) is 11.5 Å². The van der Waals surface area contributed by atoms with Gasteiger partial charge in [-0.1, -0.05) is 11.2 Å². The van der Waals surface area contributed by atoms with E-state index in [1.54, 1.807) is 13.0 Å². The van der Waals surface area contributed by atoms with Crippen molar-refractivity contribution in [1.82, 2.24) is 5.16 Å². The van der Waals surface area contributed by atoms with Gasteiger partial charge in [0.2, 0.25) is 0 Å². The van der Waals surface area contributed by atoms with E-state index in [2.05, 4.69) is 15.2 Å². The maximum atomic E-state index is 12.6. The van der Waals surface area contributed by atoms with E-state index in [9.17, 15) is 18.0 Å². The molecule has 8 nitrogen and oxygen atoms in total. The van der Waals surface area contributed by atoms with E-state index in [1.807, 2.05) is 0 Å². The summed E-state index contributed by atoms with van der Waals surface area (Å²) >= 11 is 0. The second-order valence-corrected chi connectivity index (χ2v) is 7.73. The van der Waals surface area contributed by atoms with Crippen LogP contribution >= 0.6 is 0 Å². The molecule has 0 bridgehead atoms. The van der Waals surface area contributed by atoms with Crippen LogP contribution in [-0.4, -0.2) is 25.3 Å². The van der Waals surface area contributed by atoms with Gasteiger partial charge < -0.3 is 9.84 Å². The largest absolute Gasteiger partial charge is 0.360 e. The minimum absolute atomic E-state index is 0.0767. The Morgan fingerprint density at radius 2 is 1.71 bits per heavy atom. The lowest BCUT2D eigenvalue weighted by Gasteiger charge is -2.10. The Bertz CT molecular complexity index is 1130. The summed E-state index contributed by atoms with van der Waals surface area (Å²) in [7, 11) is -3.92. The number of aryl methyl sites for hydroxylation is 1. The minimum atomic E-state index is -3.92. The lowest BCUT2D eigenvalue weighted by atomic mass is 10.1. The molecule has 0 aliphatic rings. The van der Waals surface area contributed by atoms with Crippen LogP contribution in [0.15, 0.2) is 64.0 Å². The molecule has 0 atom stereocenters. The number of ketones is 1. The molecule has 3 aromatic rings. The van der Waals surface area contributed by atoms with E-state index in [-0.39, 0.29) is 22.1 Å². The van der Waals surface area contributed by atoms with Crippen molar-refractivity contribution < 1.29 is 22.5 Å². The molecule has 2 N–H and O–H groups in total. The highest BCUT2D eigenvalue weighted by atomic mass is 32.2. The maximum Gasteiger partial charge on any atom is 0.261 e. The number of anilines is 2. The number of carbonyl (C=O) groups is 2. The first-order chi connectivity index (χ1) is 13.2. The van der Waals surface area contributed by atoms with E-state index in [4.69, 9.17) is 4.52 Å². The van der Waals surface area contributed by atoms with Crippen molar-refractivity contribution in [3.63, 3.8) is 0 Å². The summed E-state index contributed by atoms with van der Waals surface area (Å²) in [6.07, 6.45) is 0. The number of Topliss-reactive ketones (excluding diaryl/α,β-unsaturated/α-hetero) is 1. The van der Waals surface area contributed by atoms with Gasteiger partial charge in [0.05, 0.1) is 4.90 Å². The SMILES string of the molecule is CC(=O)c1ccc(NS(=O)(=O)c2cccc(C(=O)Nc3cc(C)on3)c2)cc1. The first-order valence-corrected chi connectivity index (χ1v) is 9.71. The number of hydrogen-bond acceptors (Lipinski definition) is 6.